The zero-order valence-corrected chi connectivity index (χ0v) is 15.5. The van der Waals surface area contributed by atoms with Gasteiger partial charge in [0.25, 0.3) is 0 Å². The molecule has 3 heteroatoms. The van der Waals surface area contributed by atoms with Gasteiger partial charge in [0.05, 0.1) is 18.8 Å². The number of ether oxygens (including phenoxy) is 1. The molecule has 1 aliphatic heterocycles. The summed E-state index contributed by atoms with van der Waals surface area (Å²) >= 11 is 0. The molecule has 5 rings (SSSR count). The number of fused-ring (bicyclic) bond motifs is 2. The van der Waals surface area contributed by atoms with E-state index in [1.807, 2.05) is 6.07 Å². The number of aliphatic hydroxyl groups is 2. The molecule has 140 valence electrons. The maximum Gasteiger partial charge on any atom is 0.107 e. The molecule has 2 N–H and O–H groups in total. The normalized spacial score (nSPS) is 22.1. The van der Waals surface area contributed by atoms with Crippen LogP contribution >= 0.6 is 0 Å². The highest BCUT2D eigenvalue weighted by Crippen LogP contribution is 2.40. The van der Waals surface area contributed by atoms with Gasteiger partial charge in [-0.3, -0.25) is 0 Å². The molecule has 1 heterocycles. The van der Waals surface area contributed by atoms with Gasteiger partial charge in [-0.15, -0.1) is 0 Å². The summed E-state index contributed by atoms with van der Waals surface area (Å²) in [5.74, 6) is 0. The Hall–Kier alpha value is -2.72. The van der Waals surface area contributed by atoms with Crippen molar-refractivity contribution in [3.8, 4) is 11.1 Å². The quantitative estimate of drug-likeness (QED) is 0.542. The van der Waals surface area contributed by atoms with E-state index in [1.54, 1.807) is 0 Å². The molecule has 4 aromatic carbocycles. The maximum absolute atomic E-state index is 10.2. The van der Waals surface area contributed by atoms with Gasteiger partial charge in [-0.05, 0) is 38.2 Å². The fourth-order valence-corrected chi connectivity index (χ4v) is 4.39. The van der Waals surface area contributed by atoms with Crippen LogP contribution in [0, 0.1) is 0 Å². The molecule has 0 saturated carbocycles. The van der Waals surface area contributed by atoms with Crippen LogP contribution in [0.2, 0.25) is 0 Å². The Kier molecular flexibility index (Phi) is 4.36. The average Bonchev–Trinajstić information content (AvgIpc) is 3.13. The van der Waals surface area contributed by atoms with E-state index < -0.39 is 12.2 Å². The van der Waals surface area contributed by atoms with Crippen molar-refractivity contribution in [2.24, 2.45) is 0 Å². The second kappa shape index (κ2) is 7.02. The largest absolute Gasteiger partial charge is 0.394 e. The molecule has 1 unspecified atom stereocenters. The molecule has 1 aliphatic rings. The maximum atomic E-state index is 10.2. The third-order valence-electron chi connectivity index (χ3n) is 5.79. The summed E-state index contributed by atoms with van der Waals surface area (Å²) in [7, 11) is 0. The monoisotopic (exact) mass is 370 g/mol. The lowest BCUT2D eigenvalue weighted by molar-refractivity contribution is -0.0222. The fourth-order valence-electron chi connectivity index (χ4n) is 4.39. The first kappa shape index (κ1) is 17.4. The van der Waals surface area contributed by atoms with Crippen LogP contribution in [0.25, 0.3) is 32.7 Å². The van der Waals surface area contributed by atoms with Crippen molar-refractivity contribution in [3.05, 3.63) is 84.4 Å². The first-order valence-electron chi connectivity index (χ1n) is 9.70. The molecular formula is C25H22O3. The van der Waals surface area contributed by atoms with Crippen LogP contribution in [0.15, 0.2) is 78.9 Å². The topological polar surface area (TPSA) is 49.7 Å². The molecule has 1 fully saturated rings. The standard InChI is InChI=1S/C25H22O3/c26-15-25-23(27)14-24(28-25)22-13-12-21(19-9-3-4-10-20(19)22)18-11-5-7-16-6-1-2-8-17(16)18/h1-13,23-27H,14-15H2/t23?,24-,25-/m1/s1. The Morgan fingerprint density at radius 1 is 0.750 bits per heavy atom. The molecule has 1 saturated heterocycles. The Labute approximate surface area is 163 Å². The minimum absolute atomic E-state index is 0.163. The summed E-state index contributed by atoms with van der Waals surface area (Å²) in [6, 6.07) is 27.5. The van der Waals surface area contributed by atoms with E-state index in [0.717, 1.165) is 10.9 Å². The number of hydrogen-bond acceptors (Lipinski definition) is 3. The molecular weight excluding hydrogens is 348 g/mol. The van der Waals surface area contributed by atoms with E-state index in [9.17, 15) is 10.2 Å². The third-order valence-corrected chi connectivity index (χ3v) is 5.79. The van der Waals surface area contributed by atoms with Gasteiger partial charge >= 0.3 is 0 Å². The first-order chi connectivity index (χ1) is 13.8. The number of aliphatic hydroxyl groups excluding tert-OH is 2. The van der Waals surface area contributed by atoms with Gasteiger partial charge < -0.3 is 14.9 Å². The summed E-state index contributed by atoms with van der Waals surface area (Å²) in [5.41, 5.74) is 3.46. The second-order valence-corrected chi connectivity index (χ2v) is 7.42. The van der Waals surface area contributed by atoms with Crippen LogP contribution in [-0.4, -0.2) is 29.0 Å². The molecule has 28 heavy (non-hydrogen) atoms. The lowest BCUT2D eigenvalue weighted by Crippen LogP contribution is -2.24. The van der Waals surface area contributed by atoms with Crippen LogP contribution in [-0.2, 0) is 4.74 Å². The smallest absolute Gasteiger partial charge is 0.107 e. The molecule has 3 atom stereocenters. The zero-order chi connectivity index (χ0) is 19.1. The van der Waals surface area contributed by atoms with E-state index in [-0.39, 0.29) is 12.7 Å². The van der Waals surface area contributed by atoms with Gasteiger partial charge in [0.2, 0.25) is 0 Å². The number of benzene rings is 4. The third kappa shape index (κ3) is 2.80. The number of hydrogen-bond donors (Lipinski definition) is 2. The molecule has 0 aromatic heterocycles. The highest BCUT2D eigenvalue weighted by molar-refractivity contribution is 6.06. The molecule has 0 aliphatic carbocycles. The summed E-state index contributed by atoms with van der Waals surface area (Å²) in [6.07, 6.45) is -0.852. The molecule has 4 aromatic rings. The van der Waals surface area contributed by atoms with E-state index >= 15 is 0 Å². The van der Waals surface area contributed by atoms with Gasteiger partial charge in [-0.25, -0.2) is 0 Å². The van der Waals surface area contributed by atoms with Crippen molar-refractivity contribution < 1.29 is 14.9 Å². The van der Waals surface area contributed by atoms with Gasteiger partial charge in [0.1, 0.15) is 6.10 Å². The van der Waals surface area contributed by atoms with Crippen molar-refractivity contribution in [3.63, 3.8) is 0 Å². The van der Waals surface area contributed by atoms with Crippen molar-refractivity contribution in [1.29, 1.82) is 0 Å². The zero-order valence-electron chi connectivity index (χ0n) is 15.5. The second-order valence-electron chi connectivity index (χ2n) is 7.42. The molecule has 0 amide bonds. The SMILES string of the molecule is OC[C@H]1O[C@@H](c2ccc(-c3cccc4ccccc34)c3ccccc23)CC1O. The molecule has 0 bridgehead atoms. The Morgan fingerprint density at radius 3 is 2.21 bits per heavy atom. The number of rotatable bonds is 3. The van der Waals surface area contributed by atoms with E-state index in [2.05, 4.69) is 72.8 Å². The van der Waals surface area contributed by atoms with Gasteiger partial charge in [-0.2, -0.15) is 0 Å². The summed E-state index contributed by atoms with van der Waals surface area (Å²) in [6.45, 7) is -0.163. The van der Waals surface area contributed by atoms with Crippen LogP contribution in [0.1, 0.15) is 18.1 Å². The predicted molar refractivity (Wildman–Crippen MR) is 112 cm³/mol. The lowest BCUT2D eigenvalue weighted by atomic mass is 9.90. The minimum atomic E-state index is -0.633. The highest BCUT2D eigenvalue weighted by atomic mass is 16.5. The summed E-state index contributed by atoms with van der Waals surface area (Å²) in [5, 5.41) is 24.3. The summed E-state index contributed by atoms with van der Waals surface area (Å²) in [4.78, 5) is 0. The van der Waals surface area contributed by atoms with E-state index in [0.29, 0.717) is 6.42 Å². The fraction of sp³-hybridized carbons (Fsp3) is 0.200. The molecule has 3 nitrogen and oxygen atoms in total. The van der Waals surface area contributed by atoms with Gasteiger partial charge in [0, 0.05) is 6.42 Å². The Balaban J connectivity index is 1.69. The van der Waals surface area contributed by atoms with Crippen molar-refractivity contribution in [2.45, 2.75) is 24.7 Å². The first-order valence-corrected chi connectivity index (χ1v) is 9.70. The lowest BCUT2D eigenvalue weighted by Gasteiger charge is -2.17. The molecule has 0 spiro atoms. The Morgan fingerprint density at radius 2 is 1.43 bits per heavy atom. The van der Waals surface area contributed by atoms with E-state index in [1.165, 1.54) is 27.3 Å². The Bertz CT molecular complexity index is 1150. The van der Waals surface area contributed by atoms with Crippen LogP contribution in [0.3, 0.4) is 0 Å². The van der Waals surface area contributed by atoms with Crippen molar-refractivity contribution in [1.82, 2.24) is 0 Å². The van der Waals surface area contributed by atoms with Crippen LogP contribution in [0.4, 0.5) is 0 Å². The van der Waals surface area contributed by atoms with Gasteiger partial charge in [-0.1, -0.05) is 78.9 Å². The van der Waals surface area contributed by atoms with Crippen molar-refractivity contribution >= 4 is 21.5 Å². The highest BCUT2D eigenvalue weighted by Gasteiger charge is 2.35. The van der Waals surface area contributed by atoms with Crippen LogP contribution < -0.4 is 0 Å². The van der Waals surface area contributed by atoms with E-state index in [4.69, 9.17) is 4.74 Å². The summed E-state index contributed by atoms with van der Waals surface area (Å²) < 4.78 is 5.93. The molecule has 0 radical (unpaired) electrons. The average molecular weight is 370 g/mol. The predicted octanol–water partition coefficient (Wildman–Crippen LogP) is 4.84. The van der Waals surface area contributed by atoms with Gasteiger partial charge in [0.15, 0.2) is 0 Å². The minimum Gasteiger partial charge on any atom is -0.394 e. The van der Waals surface area contributed by atoms with Crippen molar-refractivity contribution in [2.75, 3.05) is 6.61 Å². The van der Waals surface area contributed by atoms with Crippen LogP contribution in [0.5, 0.6) is 0 Å².